The zero-order valence-electron chi connectivity index (χ0n) is 14.1. The SMILES string of the molecule is Cc1ccc(CNC(=O)C2CCN(C(=O)C3CSCN3)CC2)cc1. The highest BCUT2D eigenvalue weighted by Crippen LogP contribution is 2.20. The van der Waals surface area contributed by atoms with E-state index in [0.717, 1.165) is 30.0 Å². The minimum Gasteiger partial charge on any atom is -0.352 e. The topological polar surface area (TPSA) is 61.4 Å². The first-order chi connectivity index (χ1) is 11.6. The first-order valence-electron chi connectivity index (χ1n) is 8.56. The summed E-state index contributed by atoms with van der Waals surface area (Å²) in [4.78, 5) is 26.6. The smallest absolute Gasteiger partial charge is 0.240 e. The summed E-state index contributed by atoms with van der Waals surface area (Å²) in [5.41, 5.74) is 2.34. The van der Waals surface area contributed by atoms with Crippen LogP contribution in [0.2, 0.25) is 0 Å². The van der Waals surface area contributed by atoms with Crippen LogP contribution in [0.3, 0.4) is 0 Å². The summed E-state index contributed by atoms with van der Waals surface area (Å²) in [6.45, 7) is 3.99. The molecule has 1 atom stereocenters. The largest absolute Gasteiger partial charge is 0.352 e. The fourth-order valence-electron chi connectivity index (χ4n) is 3.18. The van der Waals surface area contributed by atoms with E-state index < -0.39 is 0 Å². The fraction of sp³-hybridized carbons (Fsp3) is 0.556. The number of carbonyl (C=O) groups excluding carboxylic acids is 2. The fourth-order valence-corrected chi connectivity index (χ4v) is 4.11. The molecule has 2 heterocycles. The van der Waals surface area contributed by atoms with Crippen LogP contribution >= 0.6 is 11.8 Å². The van der Waals surface area contributed by atoms with Crippen LogP contribution < -0.4 is 10.6 Å². The van der Waals surface area contributed by atoms with Gasteiger partial charge in [0.25, 0.3) is 0 Å². The van der Waals surface area contributed by atoms with Crippen molar-refractivity contribution in [3.63, 3.8) is 0 Å². The summed E-state index contributed by atoms with van der Waals surface area (Å²) < 4.78 is 0. The van der Waals surface area contributed by atoms with E-state index in [0.29, 0.717) is 19.6 Å². The number of benzene rings is 1. The van der Waals surface area contributed by atoms with Crippen LogP contribution in [-0.4, -0.2) is 47.5 Å². The van der Waals surface area contributed by atoms with Gasteiger partial charge in [0.1, 0.15) is 0 Å². The Kier molecular flexibility index (Phi) is 5.79. The summed E-state index contributed by atoms with van der Waals surface area (Å²) in [5, 5.41) is 6.25. The molecule has 2 aliphatic heterocycles. The molecule has 0 bridgehead atoms. The van der Waals surface area contributed by atoms with E-state index >= 15 is 0 Å². The van der Waals surface area contributed by atoms with Crippen LogP contribution in [0.1, 0.15) is 24.0 Å². The molecular formula is C18H25N3O2S. The first-order valence-corrected chi connectivity index (χ1v) is 9.72. The van der Waals surface area contributed by atoms with Crippen molar-refractivity contribution in [3.8, 4) is 0 Å². The van der Waals surface area contributed by atoms with Gasteiger partial charge in [-0.15, -0.1) is 11.8 Å². The summed E-state index contributed by atoms with van der Waals surface area (Å²) >= 11 is 1.76. The number of carbonyl (C=O) groups is 2. The monoisotopic (exact) mass is 347 g/mol. The second-order valence-corrected chi connectivity index (χ2v) is 7.61. The average molecular weight is 347 g/mol. The molecule has 3 rings (SSSR count). The third kappa shape index (κ3) is 4.30. The molecule has 1 aromatic rings. The van der Waals surface area contributed by atoms with E-state index in [1.54, 1.807) is 11.8 Å². The van der Waals surface area contributed by atoms with Crippen molar-refractivity contribution in [1.82, 2.24) is 15.5 Å². The maximum absolute atomic E-state index is 12.4. The highest BCUT2D eigenvalue weighted by molar-refractivity contribution is 7.99. The lowest BCUT2D eigenvalue weighted by Crippen LogP contribution is -2.49. The summed E-state index contributed by atoms with van der Waals surface area (Å²) in [7, 11) is 0. The van der Waals surface area contributed by atoms with Crippen molar-refractivity contribution < 1.29 is 9.59 Å². The lowest BCUT2D eigenvalue weighted by molar-refractivity contribution is -0.136. The van der Waals surface area contributed by atoms with Gasteiger partial charge in [-0.1, -0.05) is 29.8 Å². The van der Waals surface area contributed by atoms with Crippen molar-refractivity contribution in [2.24, 2.45) is 5.92 Å². The molecule has 0 aromatic heterocycles. The molecule has 2 N–H and O–H groups in total. The van der Waals surface area contributed by atoms with E-state index in [9.17, 15) is 9.59 Å². The second-order valence-electron chi connectivity index (χ2n) is 6.57. The molecule has 2 fully saturated rings. The molecule has 1 aromatic carbocycles. The zero-order chi connectivity index (χ0) is 16.9. The molecule has 0 radical (unpaired) electrons. The predicted molar refractivity (Wildman–Crippen MR) is 96.6 cm³/mol. The second kappa shape index (κ2) is 8.03. The number of likely N-dealkylation sites (tertiary alicyclic amines) is 1. The summed E-state index contributed by atoms with van der Waals surface area (Å²) in [6, 6.07) is 8.16. The molecule has 0 saturated carbocycles. The van der Waals surface area contributed by atoms with Gasteiger partial charge in [-0.25, -0.2) is 0 Å². The van der Waals surface area contributed by atoms with Crippen LogP contribution in [-0.2, 0) is 16.1 Å². The molecule has 24 heavy (non-hydrogen) atoms. The standard InChI is InChI=1S/C18H25N3O2S/c1-13-2-4-14(5-3-13)10-19-17(22)15-6-8-21(9-7-15)18(23)16-11-24-12-20-16/h2-5,15-16,20H,6-12H2,1H3,(H,19,22). The third-order valence-electron chi connectivity index (χ3n) is 4.78. The lowest BCUT2D eigenvalue weighted by atomic mass is 9.95. The van der Waals surface area contributed by atoms with Crippen molar-refractivity contribution in [2.75, 3.05) is 24.7 Å². The van der Waals surface area contributed by atoms with Gasteiger partial charge in [0.15, 0.2) is 0 Å². The highest BCUT2D eigenvalue weighted by atomic mass is 32.2. The van der Waals surface area contributed by atoms with E-state index in [2.05, 4.69) is 29.7 Å². The maximum Gasteiger partial charge on any atom is 0.240 e. The van der Waals surface area contributed by atoms with E-state index in [4.69, 9.17) is 0 Å². The third-order valence-corrected chi connectivity index (χ3v) is 5.72. The number of hydrogen-bond acceptors (Lipinski definition) is 4. The number of rotatable bonds is 4. The highest BCUT2D eigenvalue weighted by Gasteiger charge is 2.31. The Morgan fingerprint density at radius 3 is 2.58 bits per heavy atom. The molecule has 6 heteroatoms. The number of amides is 2. The molecule has 0 spiro atoms. The van der Waals surface area contributed by atoms with Crippen molar-refractivity contribution >= 4 is 23.6 Å². The number of thioether (sulfide) groups is 1. The zero-order valence-corrected chi connectivity index (χ0v) is 14.9. The van der Waals surface area contributed by atoms with Crippen LogP contribution in [0, 0.1) is 12.8 Å². The van der Waals surface area contributed by atoms with Gasteiger partial charge in [0.2, 0.25) is 11.8 Å². The molecule has 2 saturated heterocycles. The summed E-state index contributed by atoms with van der Waals surface area (Å²) in [6.07, 6.45) is 1.51. The Bertz CT molecular complexity index is 576. The molecule has 1 unspecified atom stereocenters. The molecular weight excluding hydrogens is 322 g/mol. The van der Waals surface area contributed by atoms with Crippen LogP contribution in [0.25, 0.3) is 0 Å². The molecule has 130 valence electrons. The Labute approximate surface area is 147 Å². The Morgan fingerprint density at radius 2 is 1.96 bits per heavy atom. The van der Waals surface area contributed by atoms with Crippen LogP contribution in [0.4, 0.5) is 0 Å². The molecule has 2 amide bonds. The van der Waals surface area contributed by atoms with Gasteiger partial charge in [-0.3, -0.25) is 14.9 Å². The predicted octanol–water partition coefficient (Wildman–Crippen LogP) is 1.51. The number of hydrogen-bond donors (Lipinski definition) is 2. The van der Waals surface area contributed by atoms with Crippen LogP contribution in [0.5, 0.6) is 0 Å². The van der Waals surface area contributed by atoms with Crippen molar-refractivity contribution in [2.45, 2.75) is 32.4 Å². The quantitative estimate of drug-likeness (QED) is 0.867. The Morgan fingerprint density at radius 1 is 1.25 bits per heavy atom. The van der Waals surface area contributed by atoms with Crippen molar-refractivity contribution in [1.29, 1.82) is 0 Å². The van der Waals surface area contributed by atoms with Crippen LogP contribution in [0.15, 0.2) is 24.3 Å². The number of piperidine rings is 1. The average Bonchev–Trinajstić information content (AvgIpc) is 3.15. The number of nitrogens with one attached hydrogen (secondary N) is 2. The minimum absolute atomic E-state index is 0.0189. The van der Waals surface area contributed by atoms with Gasteiger partial charge < -0.3 is 10.2 Å². The van der Waals surface area contributed by atoms with E-state index in [1.165, 1.54) is 5.56 Å². The maximum atomic E-state index is 12.4. The van der Waals surface area contributed by atoms with Crippen molar-refractivity contribution in [3.05, 3.63) is 35.4 Å². The van der Waals surface area contributed by atoms with E-state index in [-0.39, 0.29) is 23.8 Å². The molecule has 0 aliphatic carbocycles. The van der Waals surface area contributed by atoms with Gasteiger partial charge in [-0.05, 0) is 25.3 Å². The normalized spacial score (nSPS) is 21.7. The Balaban J connectivity index is 1.43. The van der Waals surface area contributed by atoms with Gasteiger partial charge in [0, 0.05) is 37.2 Å². The number of nitrogens with zero attached hydrogens (tertiary/aromatic N) is 1. The Hall–Kier alpha value is -1.53. The molecule has 5 nitrogen and oxygen atoms in total. The van der Waals surface area contributed by atoms with Gasteiger partial charge in [0.05, 0.1) is 6.04 Å². The summed E-state index contributed by atoms with van der Waals surface area (Å²) in [5.74, 6) is 2.03. The lowest BCUT2D eigenvalue weighted by Gasteiger charge is -2.32. The van der Waals surface area contributed by atoms with E-state index in [1.807, 2.05) is 17.0 Å². The molecule has 2 aliphatic rings. The number of aryl methyl sites for hydroxylation is 1. The minimum atomic E-state index is -0.0399. The van der Waals surface area contributed by atoms with Gasteiger partial charge in [-0.2, -0.15) is 0 Å². The van der Waals surface area contributed by atoms with Gasteiger partial charge >= 0.3 is 0 Å². The first kappa shape index (κ1) is 17.3.